The van der Waals surface area contributed by atoms with Crippen molar-refractivity contribution in [2.75, 3.05) is 38.2 Å². The number of nitrogens with one attached hydrogen (secondary N) is 2. The van der Waals surface area contributed by atoms with Crippen LogP contribution < -0.4 is 5.32 Å². The molecule has 9 nitrogen and oxygen atoms in total. The van der Waals surface area contributed by atoms with Gasteiger partial charge >= 0.3 is 6.03 Å². The number of urea groups is 1. The van der Waals surface area contributed by atoms with Crippen molar-refractivity contribution < 1.29 is 14.3 Å². The maximum absolute atomic E-state index is 13.9. The lowest BCUT2D eigenvalue weighted by molar-refractivity contribution is 0.00882. The fraction of sp³-hybridized carbons (Fsp3) is 0.593. The highest BCUT2D eigenvalue weighted by atomic mass is 16.5. The van der Waals surface area contributed by atoms with Gasteiger partial charge in [0, 0.05) is 56.1 Å². The molecule has 4 heterocycles. The SMILES string of the molecule is C[C@H]1CN(C(=O)N2Cc3c(NC(=O)c4ccccc4)n[nH]c3C2(C)C)[C@@H](C)CN1CC1CCOCC1. The summed E-state index contributed by atoms with van der Waals surface area (Å²) >= 11 is 0. The predicted molar refractivity (Wildman–Crippen MR) is 138 cm³/mol. The van der Waals surface area contributed by atoms with Crippen LogP contribution in [0, 0.1) is 5.92 Å². The Kier molecular flexibility index (Phi) is 6.78. The molecule has 1 aromatic heterocycles. The fourth-order valence-electron chi connectivity index (χ4n) is 5.83. The van der Waals surface area contributed by atoms with Crippen LogP contribution in [0.4, 0.5) is 10.6 Å². The molecule has 0 bridgehead atoms. The number of aromatic nitrogens is 2. The summed E-state index contributed by atoms with van der Waals surface area (Å²) in [5, 5.41) is 10.4. The number of H-pyrrole nitrogens is 1. The highest BCUT2D eigenvalue weighted by Gasteiger charge is 2.47. The largest absolute Gasteiger partial charge is 0.381 e. The number of piperazine rings is 1. The molecule has 0 spiro atoms. The normalized spacial score (nSPS) is 24.6. The first-order valence-electron chi connectivity index (χ1n) is 13.1. The Labute approximate surface area is 213 Å². The molecule has 2 saturated heterocycles. The Morgan fingerprint density at radius 1 is 1.11 bits per heavy atom. The van der Waals surface area contributed by atoms with Crippen LogP contribution in [-0.4, -0.2) is 81.8 Å². The van der Waals surface area contributed by atoms with Gasteiger partial charge in [0.05, 0.1) is 17.8 Å². The zero-order valence-electron chi connectivity index (χ0n) is 21.8. The first-order chi connectivity index (χ1) is 17.3. The van der Waals surface area contributed by atoms with Gasteiger partial charge in [-0.05, 0) is 58.6 Å². The van der Waals surface area contributed by atoms with Crippen molar-refractivity contribution in [3.63, 3.8) is 0 Å². The van der Waals surface area contributed by atoms with Gasteiger partial charge in [-0.3, -0.25) is 14.8 Å². The smallest absolute Gasteiger partial charge is 0.321 e. The molecule has 0 radical (unpaired) electrons. The number of aromatic amines is 1. The van der Waals surface area contributed by atoms with Crippen LogP contribution in [0.3, 0.4) is 0 Å². The number of carbonyl (C=O) groups is 2. The van der Waals surface area contributed by atoms with Gasteiger partial charge in [0.1, 0.15) is 0 Å². The van der Waals surface area contributed by atoms with E-state index in [1.54, 1.807) is 12.1 Å². The average molecular weight is 495 g/mol. The van der Waals surface area contributed by atoms with E-state index in [1.165, 1.54) is 0 Å². The predicted octanol–water partition coefficient (Wildman–Crippen LogP) is 3.65. The van der Waals surface area contributed by atoms with Crippen LogP contribution in [0.1, 0.15) is 62.2 Å². The van der Waals surface area contributed by atoms with Crippen molar-refractivity contribution in [1.29, 1.82) is 0 Å². The molecule has 3 aliphatic heterocycles. The second-order valence-corrected chi connectivity index (χ2v) is 11.0. The quantitative estimate of drug-likeness (QED) is 0.677. The lowest BCUT2D eigenvalue weighted by Crippen LogP contribution is -2.62. The van der Waals surface area contributed by atoms with Crippen molar-refractivity contribution in [1.82, 2.24) is 24.9 Å². The molecule has 3 aliphatic rings. The molecule has 2 atom stereocenters. The molecule has 5 rings (SSSR count). The Hall–Kier alpha value is -2.91. The number of amides is 3. The molecule has 1 aromatic carbocycles. The van der Waals surface area contributed by atoms with Gasteiger partial charge in [-0.2, -0.15) is 5.10 Å². The van der Waals surface area contributed by atoms with Gasteiger partial charge in [-0.25, -0.2) is 4.79 Å². The molecule has 0 aliphatic carbocycles. The van der Waals surface area contributed by atoms with Crippen LogP contribution in [-0.2, 0) is 16.8 Å². The minimum absolute atomic E-state index is 0.0370. The van der Waals surface area contributed by atoms with E-state index < -0.39 is 5.54 Å². The van der Waals surface area contributed by atoms with Crippen LogP contribution in [0.15, 0.2) is 30.3 Å². The number of anilines is 1. The maximum Gasteiger partial charge on any atom is 0.321 e. The molecular formula is C27H38N6O3. The van der Waals surface area contributed by atoms with Crippen molar-refractivity contribution in [2.24, 2.45) is 5.92 Å². The van der Waals surface area contributed by atoms with Gasteiger partial charge in [-0.1, -0.05) is 18.2 Å². The lowest BCUT2D eigenvalue weighted by atomic mass is 9.97. The first-order valence-corrected chi connectivity index (χ1v) is 13.1. The number of hydrogen-bond acceptors (Lipinski definition) is 5. The van der Waals surface area contributed by atoms with Crippen LogP contribution in [0.2, 0.25) is 0 Å². The number of ether oxygens (including phenoxy) is 1. The third kappa shape index (κ3) is 4.62. The molecule has 3 amide bonds. The number of nitrogens with zero attached hydrogens (tertiary/aromatic N) is 4. The van der Waals surface area contributed by atoms with Gasteiger partial charge in [0.25, 0.3) is 5.91 Å². The van der Waals surface area contributed by atoms with Crippen molar-refractivity contribution >= 4 is 17.8 Å². The van der Waals surface area contributed by atoms with Gasteiger partial charge < -0.3 is 19.9 Å². The summed E-state index contributed by atoms with van der Waals surface area (Å²) in [7, 11) is 0. The van der Waals surface area contributed by atoms with E-state index in [9.17, 15) is 9.59 Å². The van der Waals surface area contributed by atoms with E-state index in [1.807, 2.05) is 41.8 Å². The lowest BCUT2D eigenvalue weighted by Gasteiger charge is -2.47. The molecule has 194 valence electrons. The third-order valence-electron chi connectivity index (χ3n) is 8.16. The van der Waals surface area contributed by atoms with Crippen molar-refractivity contribution in [3.8, 4) is 0 Å². The monoisotopic (exact) mass is 494 g/mol. The summed E-state index contributed by atoms with van der Waals surface area (Å²) < 4.78 is 5.53. The van der Waals surface area contributed by atoms with E-state index in [-0.39, 0.29) is 18.0 Å². The van der Waals surface area contributed by atoms with Crippen molar-refractivity contribution in [3.05, 3.63) is 47.2 Å². The highest BCUT2D eigenvalue weighted by molar-refractivity contribution is 6.04. The zero-order valence-corrected chi connectivity index (χ0v) is 21.8. The Balaban J connectivity index is 1.27. The summed E-state index contributed by atoms with van der Waals surface area (Å²) in [6.45, 7) is 13.2. The minimum atomic E-state index is -0.558. The number of hydrogen-bond donors (Lipinski definition) is 2. The molecule has 2 N–H and O–H groups in total. The van der Waals surface area contributed by atoms with E-state index in [0.29, 0.717) is 36.4 Å². The standard InChI is InChI=1S/C27H38N6O3/c1-18-15-32(19(2)14-31(18)16-20-10-12-36-13-11-20)26(35)33-17-22-23(27(33,3)4)29-30-24(22)28-25(34)21-8-6-5-7-9-21/h5-9,18-20H,10-17H2,1-4H3,(H2,28,29,30,34)/t18-,19-/m0/s1. The Bertz CT molecular complexity index is 1090. The molecule has 0 saturated carbocycles. The number of rotatable bonds is 4. The maximum atomic E-state index is 13.9. The minimum Gasteiger partial charge on any atom is -0.381 e. The summed E-state index contributed by atoms with van der Waals surface area (Å²) in [5.41, 5.74) is 1.76. The molecule has 9 heteroatoms. The molecule has 2 aromatic rings. The average Bonchev–Trinajstić information content (AvgIpc) is 3.39. The van der Waals surface area contributed by atoms with E-state index in [4.69, 9.17) is 4.74 Å². The van der Waals surface area contributed by atoms with Crippen LogP contribution in [0.5, 0.6) is 0 Å². The first kappa shape index (κ1) is 24.8. The van der Waals surface area contributed by atoms with E-state index in [2.05, 4.69) is 34.3 Å². The summed E-state index contributed by atoms with van der Waals surface area (Å²) in [4.78, 5) is 33.1. The summed E-state index contributed by atoms with van der Waals surface area (Å²) in [5.74, 6) is 0.954. The Morgan fingerprint density at radius 3 is 2.56 bits per heavy atom. The number of benzene rings is 1. The summed E-state index contributed by atoms with van der Waals surface area (Å²) in [6, 6.07) is 9.55. The number of carbonyl (C=O) groups excluding carboxylic acids is 2. The molecule has 0 unspecified atom stereocenters. The second-order valence-electron chi connectivity index (χ2n) is 11.0. The summed E-state index contributed by atoms with van der Waals surface area (Å²) in [6.07, 6.45) is 2.24. The van der Waals surface area contributed by atoms with E-state index in [0.717, 1.165) is 50.4 Å². The molecular weight excluding hydrogens is 456 g/mol. The second kappa shape index (κ2) is 9.86. The van der Waals surface area contributed by atoms with Gasteiger partial charge in [0.15, 0.2) is 5.82 Å². The number of fused-ring (bicyclic) bond motifs is 1. The molecule has 2 fully saturated rings. The fourth-order valence-corrected chi connectivity index (χ4v) is 5.83. The Morgan fingerprint density at radius 2 is 1.83 bits per heavy atom. The molecule has 36 heavy (non-hydrogen) atoms. The third-order valence-corrected chi connectivity index (χ3v) is 8.16. The van der Waals surface area contributed by atoms with Crippen LogP contribution >= 0.6 is 0 Å². The topological polar surface area (TPSA) is 93.8 Å². The van der Waals surface area contributed by atoms with Crippen molar-refractivity contribution in [2.45, 2.75) is 64.7 Å². The van der Waals surface area contributed by atoms with Gasteiger partial charge in [-0.15, -0.1) is 0 Å². The zero-order chi connectivity index (χ0) is 25.4. The highest BCUT2D eigenvalue weighted by Crippen LogP contribution is 2.41. The van der Waals surface area contributed by atoms with Gasteiger partial charge in [0.2, 0.25) is 0 Å². The van der Waals surface area contributed by atoms with E-state index >= 15 is 0 Å². The van der Waals surface area contributed by atoms with Crippen LogP contribution in [0.25, 0.3) is 0 Å².